The molecule has 0 spiro atoms. The minimum Gasteiger partial charge on any atom is -0.465 e. The average Bonchev–Trinajstić information content (AvgIpc) is 2.42. The van der Waals surface area contributed by atoms with E-state index in [1.165, 1.54) is 19.4 Å². The number of ether oxygens (including phenoxy) is 1. The number of carbonyl (C=O) groups excluding carboxylic acids is 2. The Kier molecular flexibility index (Phi) is 5.76. The lowest BCUT2D eigenvalue weighted by atomic mass is 10.2. The van der Waals surface area contributed by atoms with Crippen LogP contribution in [0.5, 0.6) is 0 Å². The fourth-order valence-electron chi connectivity index (χ4n) is 1.80. The minimum atomic E-state index is -0.541. The third kappa shape index (κ3) is 3.84. The Labute approximate surface area is 117 Å². The molecule has 7 heteroatoms. The van der Waals surface area contributed by atoms with Crippen LogP contribution in [0.25, 0.3) is 0 Å². The van der Waals surface area contributed by atoms with Crippen molar-refractivity contribution in [1.29, 1.82) is 0 Å². The van der Waals surface area contributed by atoms with Crippen molar-refractivity contribution in [3.63, 3.8) is 0 Å². The SMILES string of the molecule is CCCCN(CC(N)=O)c1nccc(C(=O)OC)c1N. The number of aromatic nitrogens is 1. The number of carbonyl (C=O) groups is 2. The van der Waals surface area contributed by atoms with Crippen LogP contribution in [-0.2, 0) is 9.53 Å². The summed E-state index contributed by atoms with van der Waals surface area (Å²) in [4.78, 5) is 28.6. The van der Waals surface area contributed by atoms with Crippen LogP contribution < -0.4 is 16.4 Å². The number of amides is 1. The van der Waals surface area contributed by atoms with E-state index in [-0.39, 0.29) is 17.8 Å². The van der Waals surface area contributed by atoms with Crippen LogP contribution >= 0.6 is 0 Å². The Morgan fingerprint density at radius 3 is 2.70 bits per heavy atom. The molecule has 0 atom stereocenters. The summed E-state index contributed by atoms with van der Waals surface area (Å²) in [6.07, 6.45) is 3.26. The molecule has 110 valence electrons. The first-order valence-corrected chi connectivity index (χ1v) is 6.37. The molecule has 0 aliphatic heterocycles. The Hall–Kier alpha value is -2.31. The smallest absolute Gasteiger partial charge is 0.340 e. The average molecular weight is 280 g/mol. The molecule has 0 fully saturated rings. The van der Waals surface area contributed by atoms with E-state index in [1.54, 1.807) is 4.90 Å². The fourth-order valence-corrected chi connectivity index (χ4v) is 1.80. The van der Waals surface area contributed by atoms with Gasteiger partial charge in [0.2, 0.25) is 5.91 Å². The molecule has 0 saturated heterocycles. The number of hydrogen-bond acceptors (Lipinski definition) is 6. The van der Waals surface area contributed by atoms with Gasteiger partial charge in [-0.25, -0.2) is 9.78 Å². The predicted octanol–water partition coefficient (Wildman–Crippen LogP) is 0.542. The van der Waals surface area contributed by atoms with Gasteiger partial charge in [-0.1, -0.05) is 13.3 Å². The van der Waals surface area contributed by atoms with Gasteiger partial charge in [0, 0.05) is 12.7 Å². The molecule has 0 aromatic carbocycles. The third-order valence-electron chi connectivity index (χ3n) is 2.80. The summed E-state index contributed by atoms with van der Waals surface area (Å²) in [5.41, 5.74) is 11.6. The Bertz CT molecular complexity index is 491. The zero-order valence-electron chi connectivity index (χ0n) is 11.8. The largest absolute Gasteiger partial charge is 0.465 e. The van der Waals surface area contributed by atoms with E-state index in [1.807, 2.05) is 6.92 Å². The second-order valence-corrected chi connectivity index (χ2v) is 4.33. The van der Waals surface area contributed by atoms with Crippen molar-refractivity contribution in [3.05, 3.63) is 17.8 Å². The first kappa shape index (κ1) is 15.7. The van der Waals surface area contributed by atoms with Crippen molar-refractivity contribution in [2.45, 2.75) is 19.8 Å². The molecule has 1 rings (SSSR count). The summed E-state index contributed by atoms with van der Waals surface area (Å²) in [7, 11) is 1.28. The molecule has 0 aliphatic rings. The summed E-state index contributed by atoms with van der Waals surface area (Å²) in [5.74, 6) is -0.647. The minimum absolute atomic E-state index is 0.00181. The highest BCUT2D eigenvalue weighted by molar-refractivity contribution is 5.98. The highest BCUT2D eigenvalue weighted by Gasteiger charge is 2.19. The second kappa shape index (κ2) is 7.32. The van der Waals surface area contributed by atoms with E-state index in [2.05, 4.69) is 9.72 Å². The van der Waals surface area contributed by atoms with Gasteiger partial charge in [0.25, 0.3) is 0 Å². The van der Waals surface area contributed by atoms with Crippen molar-refractivity contribution in [3.8, 4) is 0 Å². The second-order valence-electron chi connectivity index (χ2n) is 4.33. The molecular weight excluding hydrogens is 260 g/mol. The number of anilines is 2. The number of nitrogens with two attached hydrogens (primary N) is 2. The number of primary amides is 1. The van der Waals surface area contributed by atoms with Crippen molar-refractivity contribution in [1.82, 2.24) is 4.98 Å². The number of unbranched alkanes of at least 4 members (excludes halogenated alkanes) is 1. The van der Waals surface area contributed by atoms with Gasteiger partial charge in [0.05, 0.1) is 24.9 Å². The molecule has 1 aromatic heterocycles. The highest BCUT2D eigenvalue weighted by atomic mass is 16.5. The lowest BCUT2D eigenvalue weighted by Crippen LogP contribution is -2.35. The zero-order valence-corrected chi connectivity index (χ0v) is 11.8. The Morgan fingerprint density at radius 2 is 2.15 bits per heavy atom. The van der Waals surface area contributed by atoms with Gasteiger partial charge in [-0.3, -0.25) is 4.79 Å². The van der Waals surface area contributed by atoms with Gasteiger partial charge in [-0.2, -0.15) is 0 Å². The summed E-state index contributed by atoms with van der Waals surface area (Å²) < 4.78 is 4.66. The third-order valence-corrected chi connectivity index (χ3v) is 2.80. The van der Waals surface area contributed by atoms with Crippen LogP contribution in [0.4, 0.5) is 11.5 Å². The lowest BCUT2D eigenvalue weighted by molar-refractivity contribution is -0.116. The molecular formula is C13H20N4O3. The number of rotatable bonds is 7. The molecule has 0 saturated carbocycles. The van der Waals surface area contributed by atoms with Crippen LogP contribution in [0.15, 0.2) is 12.3 Å². The predicted molar refractivity (Wildman–Crippen MR) is 76.3 cm³/mol. The molecule has 1 heterocycles. The van der Waals surface area contributed by atoms with E-state index in [0.29, 0.717) is 12.4 Å². The number of pyridine rings is 1. The maximum absolute atomic E-state index is 11.6. The van der Waals surface area contributed by atoms with Gasteiger partial charge >= 0.3 is 5.97 Å². The molecule has 0 bridgehead atoms. The van der Waals surface area contributed by atoms with Crippen molar-refractivity contribution in [2.24, 2.45) is 5.73 Å². The van der Waals surface area contributed by atoms with Gasteiger partial charge in [-0.15, -0.1) is 0 Å². The molecule has 1 aromatic rings. The van der Waals surface area contributed by atoms with E-state index >= 15 is 0 Å². The number of nitrogen functional groups attached to an aromatic ring is 1. The van der Waals surface area contributed by atoms with Gasteiger partial charge in [-0.05, 0) is 12.5 Å². The quantitative estimate of drug-likeness (QED) is 0.705. The summed E-state index contributed by atoms with van der Waals surface area (Å²) >= 11 is 0. The highest BCUT2D eigenvalue weighted by Crippen LogP contribution is 2.24. The Balaban J connectivity index is 3.12. The molecule has 7 nitrogen and oxygen atoms in total. The first-order valence-electron chi connectivity index (χ1n) is 6.37. The number of esters is 1. The standard InChI is InChI=1S/C13H20N4O3/c1-3-4-7-17(8-10(14)18)12-11(15)9(5-6-16-12)13(19)20-2/h5-6H,3-4,7-8,15H2,1-2H3,(H2,14,18). The molecule has 1 amide bonds. The summed E-state index contributed by atoms with van der Waals surface area (Å²) in [6, 6.07) is 1.48. The van der Waals surface area contributed by atoms with Crippen LogP contribution in [0.3, 0.4) is 0 Å². The molecule has 0 unspecified atom stereocenters. The lowest BCUT2D eigenvalue weighted by Gasteiger charge is -2.24. The maximum Gasteiger partial charge on any atom is 0.340 e. The van der Waals surface area contributed by atoms with Crippen molar-refractivity contribution < 1.29 is 14.3 Å². The van der Waals surface area contributed by atoms with Crippen LogP contribution in [0.1, 0.15) is 30.1 Å². The number of hydrogen-bond donors (Lipinski definition) is 2. The molecule has 0 aliphatic carbocycles. The monoisotopic (exact) mass is 280 g/mol. The van der Waals surface area contributed by atoms with Gasteiger partial charge in [0.15, 0.2) is 5.82 Å². The van der Waals surface area contributed by atoms with Gasteiger partial charge in [0.1, 0.15) is 0 Å². The van der Waals surface area contributed by atoms with Crippen LogP contribution in [-0.4, -0.2) is 37.1 Å². The fraction of sp³-hybridized carbons (Fsp3) is 0.462. The van der Waals surface area contributed by atoms with E-state index < -0.39 is 11.9 Å². The molecule has 4 N–H and O–H groups in total. The topological polar surface area (TPSA) is 112 Å². The van der Waals surface area contributed by atoms with Gasteiger partial charge < -0.3 is 21.1 Å². The van der Waals surface area contributed by atoms with E-state index in [4.69, 9.17) is 11.5 Å². The first-order chi connectivity index (χ1) is 9.51. The van der Waals surface area contributed by atoms with Crippen LogP contribution in [0.2, 0.25) is 0 Å². The van der Waals surface area contributed by atoms with E-state index in [9.17, 15) is 9.59 Å². The molecule has 0 radical (unpaired) electrons. The molecule has 20 heavy (non-hydrogen) atoms. The number of nitrogens with zero attached hydrogens (tertiary/aromatic N) is 2. The van der Waals surface area contributed by atoms with Crippen molar-refractivity contribution >= 4 is 23.4 Å². The van der Waals surface area contributed by atoms with Crippen LogP contribution in [0, 0.1) is 0 Å². The van der Waals surface area contributed by atoms with E-state index in [0.717, 1.165) is 12.8 Å². The van der Waals surface area contributed by atoms with Crippen molar-refractivity contribution in [2.75, 3.05) is 30.8 Å². The summed E-state index contributed by atoms with van der Waals surface area (Å²) in [5, 5.41) is 0. The zero-order chi connectivity index (χ0) is 15.1. The number of methoxy groups -OCH3 is 1. The normalized spacial score (nSPS) is 10.1. The maximum atomic E-state index is 11.6. The Morgan fingerprint density at radius 1 is 1.45 bits per heavy atom. The summed E-state index contributed by atoms with van der Waals surface area (Å²) in [6.45, 7) is 2.62.